The van der Waals surface area contributed by atoms with Crippen LogP contribution in [0.5, 0.6) is 5.75 Å². The molecule has 4 heteroatoms. The van der Waals surface area contributed by atoms with Crippen molar-refractivity contribution in [1.82, 2.24) is 9.78 Å². The maximum Gasteiger partial charge on any atom is 0.119 e. The summed E-state index contributed by atoms with van der Waals surface area (Å²) in [5.41, 5.74) is 7.68. The summed E-state index contributed by atoms with van der Waals surface area (Å²) >= 11 is 0. The van der Waals surface area contributed by atoms with Crippen LogP contribution in [0.2, 0.25) is 0 Å². The van der Waals surface area contributed by atoms with Crippen LogP contribution in [0.4, 0.5) is 0 Å². The van der Waals surface area contributed by atoms with E-state index in [1.54, 1.807) is 18.0 Å². The molecule has 0 saturated carbocycles. The average molecular weight is 203 g/mol. The van der Waals surface area contributed by atoms with Crippen LogP contribution in [0, 0.1) is 0 Å². The van der Waals surface area contributed by atoms with Crippen molar-refractivity contribution in [3.63, 3.8) is 0 Å². The van der Waals surface area contributed by atoms with Crippen LogP contribution in [-0.4, -0.2) is 16.9 Å². The molecule has 0 spiro atoms. The summed E-state index contributed by atoms with van der Waals surface area (Å²) in [7, 11) is 1.64. The lowest BCUT2D eigenvalue weighted by atomic mass is 10.1. The standard InChI is InChI=1S/C11H13N3O/c1-15-10-3-4-11(9(7-10)8-12)14-6-2-5-13-14/h2-7H,8,12H2,1H3. The Hall–Kier alpha value is -1.81. The minimum Gasteiger partial charge on any atom is -0.497 e. The predicted octanol–water partition coefficient (Wildman–Crippen LogP) is 1.34. The van der Waals surface area contributed by atoms with Crippen LogP contribution in [0.1, 0.15) is 5.56 Å². The van der Waals surface area contributed by atoms with E-state index in [2.05, 4.69) is 5.10 Å². The van der Waals surface area contributed by atoms with Gasteiger partial charge in [0.1, 0.15) is 5.75 Å². The van der Waals surface area contributed by atoms with Gasteiger partial charge in [0.05, 0.1) is 12.8 Å². The second-order valence-electron chi connectivity index (χ2n) is 3.15. The van der Waals surface area contributed by atoms with Crippen molar-refractivity contribution in [2.75, 3.05) is 7.11 Å². The lowest BCUT2D eigenvalue weighted by molar-refractivity contribution is 0.414. The number of methoxy groups -OCH3 is 1. The first-order chi connectivity index (χ1) is 7.35. The quantitative estimate of drug-likeness (QED) is 0.819. The van der Waals surface area contributed by atoms with Gasteiger partial charge in [0, 0.05) is 18.9 Å². The van der Waals surface area contributed by atoms with E-state index in [0.29, 0.717) is 6.54 Å². The third kappa shape index (κ3) is 1.85. The maximum absolute atomic E-state index is 5.68. The molecule has 0 aliphatic rings. The summed E-state index contributed by atoms with van der Waals surface area (Å²) in [5.74, 6) is 0.811. The van der Waals surface area contributed by atoms with Gasteiger partial charge >= 0.3 is 0 Å². The van der Waals surface area contributed by atoms with Crippen molar-refractivity contribution in [2.24, 2.45) is 5.73 Å². The Morgan fingerprint density at radius 3 is 2.93 bits per heavy atom. The zero-order valence-electron chi connectivity index (χ0n) is 8.55. The SMILES string of the molecule is COc1ccc(-n2cccn2)c(CN)c1. The molecule has 0 saturated heterocycles. The highest BCUT2D eigenvalue weighted by atomic mass is 16.5. The van der Waals surface area contributed by atoms with Crippen LogP contribution < -0.4 is 10.5 Å². The van der Waals surface area contributed by atoms with Gasteiger partial charge in [0.25, 0.3) is 0 Å². The third-order valence-electron chi connectivity index (χ3n) is 2.26. The lowest BCUT2D eigenvalue weighted by Gasteiger charge is -2.09. The zero-order chi connectivity index (χ0) is 10.7. The van der Waals surface area contributed by atoms with Gasteiger partial charge in [0.2, 0.25) is 0 Å². The summed E-state index contributed by atoms with van der Waals surface area (Å²) in [6.07, 6.45) is 3.63. The van der Waals surface area contributed by atoms with Gasteiger partial charge in [-0.3, -0.25) is 0 Å². The summed E-state index contributed by atoms with van der Waals surface area (Å²) < 4.78 is 6.94. The maximum atomic E-state index is 5.68. The first-order valence-corrected chi connectivity index (χ1v) is 4.72. The lowest BCUT2D eigenvalue weighted by Crippen LogP contribution is -2.05. The molecule has 0 aliphatic heterocycles. The number of rotatable bonds is 3. The van der Waals surface area contributed by atoms with Gasteiger partial charge < -0.3 is 10.5 Å². The van der Waals surface area contributed by atoms with Crippen molar-refractivity contribution in [2.45, 2.75) is 6.54 Å². The van der Waals surface area contributed by atoms with E-state index in [-0.39, 0.29) is 0 Å². The third-order valence-corrected chi connectivity index (χ3v) is 2.26. The first-order valence-electron chi connectivity index (χ1n) is 4.72. The normalized spacial score (nSPS) is 10.3. The first kappa shape index (κ1) is 9.73. The summed E-state index contributed by atoms with van der Waals surface area (Å²) in [6, 6.07) is 7.66. The number of ether oxygens (including phenoxy) is 1. The molecule has 0 radical (unpaired) electrons. The Kier molecular flexibility index (Phi) is 2.69. The summed E-state index contributed by atoms with van der Waals surface area (Å²) in [6.45, 7) is 0.465. The predicted molar refractivity (Wildman–Crippen MR) is 58.0 cm³/mol. The Bertz CT molecular complexity index is 437. The average Bonchev–Trinajstić information content (AvgIpc) is 2.81. The fourth-order valence-corrected chi connectivity index (χ4v) is 1.49. The van der Waals surface area contributed by atoms with Gasteiger partial charge in [0.15, 0.2) is 0 Å². The van der Waals surface area contributed by atoms with Gasteiger partial charge in [-0.1, -0.05) is 0 Å². The highest BCUT2D eigenvalue weighted by molar-refractivity contribution is 5.45. The van der Waals surface area contributed by atoms with Crippen LogP contribution in [0.15, 0.2) is 36.7 Å². The fraction of sp³-hybridized carbons (Fsp3) is 0.182. The molecule has 0 atom stereocenters. The summed E-state index contributed by atoms with van der Waals surface area (Å²) in [5, 5.41) is 4.17. The number of aromatic nitrogens is 2. The molecular weight excluding hydrogens is 190 g/mol. The topological polar surface area (TPSA) is 53.1 Å². The minimum atomic E-state index is 0.465. The molecule has 78 valence electrons. The van der Waals surface area contributed by atoms with E-state index < -0.39 is 0 Å². The second-order valence-corrected chi connectivity index (χ2v) is 3.15. The van der Waals surface area contributed by atoms with Crippen molar-refractivity contribution < 1.29 is 4.74 Å². The molecule has 1 aromatic carbocycles. The molecule has 2 rings (SSSR count). The number of hydrogen-bond donors (Lipinski definition) is 1. The molecule has 1 heterocycles. The van der Waals surface area contributed by atoms with Gasteiger partial charge in [-0.15, -0.1) is 0 Å². The smallest absolute Gasteiger partial charge is 0.119 e. The molecule has 0 bridgehead atoms. The number of nitrogens with two attached hydrogens (primary N) is 1. The molecule has 0 aliphatic carbocycles. The fourth-order valence-electron chi connectivity index (χ4n) is 1.49. The van der Waals surface area contributed by atoms with E-state index in [1.165, 1.54) is 0 Å². The summed E-state index contributed by atoms with van der Waals surface area (Å²) in [4.78, 5) is 0. The number of nitrogens with zero attached hydrogens (tertiary/aromatic N) is 2. The van der Waals surface area contributed by atoms with E-state index in [9.17, 15) is 0 Å². The zero-order valence-corrected chi connectivity index (χ0v) is 8.55. The van der Waals surface area contributed by atoms with E-state index in [4.69, 9.17) is 10.5 Å². The van der Waals surface area contributed by atoms with Crippen LogP contribution in [-0.2, 0) is 6.54 Å². The molecule has 0 fully saturated rings. The molecule has 0 amide bonds. The molecule has 15 heavy (non-hydrogen) atoms. The Morgan fingerprint density at radius 1 is 1.47 bits per heavy atom. The van der Waals surface area contributed by atoms with Crippen molar-refractivity contribution >= 4 is 0 Å². The second kappa shape index (κ2) is 4.14. The minimum absolute atomic E-state index is 0.465. The molecule has 2 aromatic rings. The largest absolute Gasteiger partial charge is 0.497 e. The van der Waals surface area contributed by atoms with E-state index in [1.807, 2.05) is 30.5 Å². The van der Waals surface area contributed by atoms with E-state index >= 15 is 0 Å². The molecule has 1 aromatic heterocycles. The Morgan fingerprint density at radius 2 is 2.33 bits per heavy atom. The van der Waals surface area contributed by atoms with Gasteiger partial charge in [-0.05, 0) is 29.8 Å². The van der Waals surface area contributed by atoms with Crippen molar-refractivity contribution in [1.29, 1.82) is 0 Å². The van der Waals surface area contributed by atoms with Crippen molar-refractivity contribution in [3.8, 4) is 11.4 Å². The Balaban J connectivity index is 2.48. The van der Waals surface area contributed by atoms with Crippen molar-refractivity contribution in [3.05, 3.63) is 42.2 Å². The van der Waals surface area contributed by atoms with E-state index in [0.717, 1.165) is 17.0 Å². The number of hydrogen-bond acceptors (Lipinski definition) is 3. The highest BCUT2D eigenvalue weighted by Gasteiger charge is 2.04. The van der Waals surface area contributed by atoms with Gasteiger partial charge in [-0.25, -0.2) is 4.68 Å². The highest BCUT2D eigenvalue weighted by Crippen LogP contribution is 2.19. The van der Waals surface area contributed by atoms with Crippen LogP contribution in [0.25, 0.3) is 5.69 Å². The van der Waals surface area contributed by atoms with Crippen LogP contribution in [0.3, 0.4) is 0 Å². The molecule has 0 unspecified atom stereocenters. The van der Waals surface area contributed by atoms with Gasteiger partial charge in [-0.2, -0.15) is 5.10 Å². The molecule has 2 N–H and O–H groups in total. The number of benzene rings is 1. The monoisotopic (exact) mass is 203 g/mol. The van der Waals surface area contributed by atoms with Crippen LogP contribution >= 0.6 is 0 Å². The molecule has 4 nitrogen and oxygen atoms in total. The molecular formula is C11H13N3O. The Labute approximate surface area is 88.3 Å².